The highest BCUT2D eigenvalue weighted by atomic mass is 35.5. The zero-order valence-corrected chi connectivity index (χ0v) is 11.5. The smallest absolute Gasteiger partial charge is 0.181 e. The summed E-state index contributed by atoms with van der Waals surface area (Å²) in [5.41, 5.74) is 0. The van der Waals surface area contributed by atoms with E-state index in [0.29, 0.717) is 0 Å². The van der Waals surface area contributed by atoms with Gasteiger partial charge in [-0.05, 0) is 25.0 Å². The van der Waals surface area contributed by atoms with Crippen LogP contribution in [0, 0.1) is 0 Å². The highest BCUT2D eigenvalue weighted by molar-refractivity contribution is 7.92. The number of hydrogen-bond acceptors (Lipinski definition) is 3. The Hall–Kier alpha value is -0.320. The SMILES string of the molecule is O=S(=O)(c1cc(Cl)nc(Cl)c1)C1CCCCC1. The molecule has 94 valence electrons. The molecule has 1 heterocycles. The molecule has 1 aliphatic carbocycles. The van der Waals surface area contributed by atoms with Gasteiger partial charge in [0.1, 0.15) is 10.3 Å². The highest BCUT2D eigenvalue weighted by Crippen LogP contribution is 2.30. The van der Waals surface area contributed by atoms with Crippen molar-refractivity contribution in [2.45, 2.75) is 42.2 Å². The quantitative estimate of drug-likeness (QED) is 0.784. The molecule has 0 atom stereocenters. The van der Waals surface area contributed by atoms with E-state index in [9.17, 15) is 8.42 Å². The molecule has 0 amide bonds. The standard InChI is InChI=1S/C11H13Cl2NO2S/c12-10-6-9(7-11(13)14-10)17(15,16)8-4-2-1-3-5-8/h6-8H,1-5H2. The van der Waals surface area contributed by atoms with Gasteiger partial charge in [0.2, 0.25) is 0 Å². The molecule has 0 radical (unpaired) electrons. The van der Waals surface area contributed by atoms with E-state index in [0.717, 1.165) is 32.1 Å². The second-order valence-electron chi connectivity index (χ2n) is 4.25. The van der Waals surface area contributed by atoms with Gasteiger partial charge < -0.3 is 0 Å². The van der Waals surface area contributed by atoms with Crippen LogP contribution in [-0.2, 0) is 9.84 Å². The van der Waals surface area contributed by atoms with Crippen LogP contribution in [0.3, 0.4) is 0 Å². The first kappa shape index (κ1) is 13.1. The zero-order chi connectivity index (χ0) is 12.5. The Balaban J connectivity index is 2.36. The third kappa shape index (κ3) is 2.92. The van der Waals surface area contributed by atoms with Crippen molar-refractivity contribution < 1.29 is 8.42 Å². The summed E-state index contributed by atoms with van der Waals surface area (Å²) >= 11 is 11.5. The molecule has 0 aromatic carbocycles. The average molecular weight is 294 g/mol. The van der Waals surface area contributed by atoms with Crippen molar-refractivity contribution in [2.75, 3.05) is 0 Å². The zero-order valence-electron chi connectivity index (χ0n) is 9.20. The Morgan fingerprint density at radius 3 is 2.12 bits per heavy atom. The van der Waals surface area contributed by atoms with E-state index in [1.54, 1.807) is 0 Å². The normalized spacial score (nSPS) is 18.2. The van der Waals surface area contributed by atoms with Crippen LogP contribution in [0.1, 0.15) is 32.1 Å². The number of nitrogens with zero attached hydrogens (tertiary/aromatic N) is 1. The van der Waals surface area contributed by atoms with Crippen LogP contribution >= 0.6 is 23.2 Å². The van der Waals surface area contributed by atoms with Gasteiger partial charge in [0.15, 0.2) is 9.84 Å². The maximum Gasteiger partial charge on any atom is 0.181 e. The third-order valence-electron chi connectivity index (χ3n) is 3.06. The van der Waals surface area contributed by atoms with Crippen LogP contribution in [0.25, 0.3) is 0 Å². The molecule has 0 bridgehead atoms. The first-order valence-electron chi connectivity index (χ1n) is 5.57. The topological polar surface area (TPSA) is 47.0 Å². The summed E-state index contributed by atoms with van der Waals surface area (Å²) in [6.45, 7) is 0. The predicted molar refractivity (Wildman–Crippen MR) is 68.3 cm³/mol. The van der Waals surface area contributed by atoms with Crippen molar-refractivity contribution in [3.05, 3.63) is 22.4 Å². The molecule has 0 N–H and O–H groups in total. The fourth-order valence-electron chi connectivity index (χ4n) is 2.18. The molecular weight excluding hydrogens is 281 g/mol. The molecule has 1 saturated carbocycles. The lowest BCUT2D eigenvalue weighted by Crippen LogP contribution is -2.24. The number of pyridine rings is 1. The van der Waals surface area contributed by atoms with Crippen molar-refractivity contribution >= 4 is 33.0 Å². The number of aromatic nitrogens is 1. The second-order valence-corrected chi connectivity index (χ2v) is 7.26. The van der Waals surface area contributed by atoms with E-state index in [4.69, 9.17) is 23.2 Å². The Kier molecular flexibility index (Phi) is 3.95. The van der Waals surface area contributed by atoms with Gasteiger partial charge in [-0.2, -0.15) is 0 Å². The third-order valence-corrected chi connectivity index (χ3v) is 5.68. The molecule has 0 unspecified atom stereocenters. The van der Waals surface area contributed by atoms with E-state index in [1.165, 1.54) is 12.1 Å². The molecule has 1 fully saturated rings. The minimum Gasteiger partial charge on any atom is -0.224 e. The average Bonchev–Trinajstić information content (AvgIpc) is 2.29. The number of halogens is 2. The fourth-order valence-corrected chi connectivity index (χ4v) is 4.66. The minimum atomic E-state index is -3.32. The molecule has 0 saturated heterocycles. The Bertz CT molecular complexity index is 490. The van der Waals surface area contributed by atoms with E-state index < -0.39 is 9.84 Å². The van der Waals surface area contributed by atoms with Crippen LogP contribution < -0.4 is 0 Å². The highest BCUT2D eigenvalue weighted by Gasteiger charge is 2.29. The van der Waals surface area contributed by atoms with Gasteiger partial charge >= 0.3 is 0 Å². The van der Waals surface area contributed by atoms with E-state index in [2.05, 4.69) is 4.98 Å². The van der Waals surface area contributed by atoms with Crippen LogP contribution in [0.15, 0.2) is 17.0 Å². The molecular formula is C11H13Cl2NO2S. The molecule has 1 aromatic heterocycles. The second kappa shape index (κ2) is 5.12. The predicted octanol–water partition coefficient (Wildman–Crippen LogP) is 3.49. The molecule has 2 rings (SSSR count). The number of rotatable bonds is 2. The van der Waals surface area contributed by atoms with Gasteiger partial charge in [0.25, 0.3) is 0 Å². The largest absolute Gasteiger partial charge is 0.224 e. The van der Waals surface area contributed by atoms with Crippen LogP contribution in [-0.4, -0.2) is 18.7 Å². The molecule has 6 heteroatoms. The first-order chi connectivity index (χ1) is 8.00. The van der Waals surface area contributed by atoms with Crippen LogP contribution in [0.4, 0.5) is 0 Å². The van der Waals surface area contributed by atoms with E-state index in [1.807, 2.05) is 0 Å². The van der Waals surface area contributed by atoms with Gasteiger partial charge in [0.05, 0.1) is 10.1 Å². The van der Waals surface area contributed by atoms with Crippen molar-refractivity contribution in [2.24, 2.45) is 0 Å². The molecule has 17 heavy (non-hydrogen) atoms. The van der Waals surface area contributed by atoms with Gasteiger partial charge in [-0.15, -0.1) is 0 Å². The summed E-state index contributed by atoms with van der Waals surface area (Å²) < 4.78 is 24.7. The van der Waals surface area contributed by atoms with Crippen molar-refractivity contribution in [3.8, 4) is 0 Å². The minimum absolute atomic E-state index is 0.117. The summed E-state index contributed by atoms with van der Waals surface area (Å²) in [7, 11) is -3.32. The number of hydrogen-bond donors (Lipinski definition) is 0. The molecule has 3 nitrogen and oxygen atoms in total. The van der Waals surface area contributed by atoms with E-state index in [-0.39, 0.29) is 20.5 Å². The number of sulfone groups is 1. The van der Waals surface area contributed by atoms with Gasteiger partial charge in [-0.3, -0.25) is 0 Å². The van der Waals surface area contributed by atoms with Gasteiger partial charge in [-0.1, -0.05) is 42.5 Å². The van der Waals surface area contributed by atoms with Crippen molar-refractivity contribution in [1.29, 1.82) is 0 Å². The fraction of sp³-hybridized carbons (Fsp3) is 0.545. The lowest BCUT2D eigenvalue weighted by molar-refractivity contribution is 0.483. The monoisotopic (exact) mass is 293 g/mol. The lowest BCUT2D eigenvalue weighted by atomic mass is 10.0. The Morgan fingerprint density at radius 2 is 1.59 bits per heavy atom. The summed E-state index contributed by atoms with van der Waals surface area (Å²) in [4.78, 5) is 3.95. The Morgan fingerprint density at radius 1 is 1.06 bits per heavy atom. The van der Waals surface area contributed by atoms with Gasteiger partial charge in [-0.25, -0.2) is 13.4 Å². The molecule has 0 spiro atoms. The van der Waals surface area contributed by atoms with Crippen molar-refractivity contribution in [3.63, 3.8) is 0 Å². The molecule has 1 aliphatic rings. The molecule has 0 aliphatic heterocycles. The summed E-state index contributed by atoms with van der Waals surface area (Å²) in [5.74, 6) is 0. The van der Waals surface area contributed by atoms with Crippen LogP contribution in [0.5, 0.6) is 0 Å². The lowest BCUT2D eigenvalue weighted by Gasteiger charge is -2.21. The first-order valence-corrected chi connectivity index (χ1v) is 7.87. The van der Waals surface area contributed by atoms with Crippen LogP contribution in [0.2, 0.25) is 10.3 Å². The maximum absolute atomic E-state index is 12.3. The maximum atomic E-state index is 12.3. The van der Waals surface area contributed by atoms with E-state index >= 15 is 0 Å². The van der Waals surface area contributed by atoms with Crippen molar-refractivity contribution in [1.82, 2.24) is 4.98 Å². The summed E-state index contributed by atoms with van der Waals surface area (Å²) in [6.07, 6.45) is 4.50. The summed E-state index contributed by atoms with van der Waals surface area (Å²) in [5, 5.41) is -0.0652. The summed E-state index contributed by atoms with van der Waals surface area (Å²) in [6, 6.07) is 2.74. The Labute approximate surface area is 111 Å². The molecule has 1 aromatic rings. The van der Waals surface area contributed by atoms with Gasteiger partial charge in [0, 0.05) is 0 Å².